The van der Waals surface area contributed by atoms with E-state index in [4.69, 9.17) is 0 Å². The Labute approximate surface area is 121 Å². The minimum Gasteiger partial charge on any atom is -0.315 e. The average molecular weight is 266 g/mol. The highest BCUT2D eigenvalue weighted by atomic mass is 15.4. The zero-order valence-electron chi connectivity index (χ0n) is 13.8. The maximum absolute atomic E-state index is 2.50. The second-order valence-corrected chi connectivity index (χ2v) is 7.67. The summed E-state index contributed by atoms with van der Waals surface area (Å²) in [7, 11) is 0. The molecule has 2 rings (SSSR count). The van der Waals surface area contributed by atoms with Gasteiger partial charge in [0, 0.05) is 0 Å². The highest BCUT2D eigenvalue weighted by Gasteiger charge is 2.48. The Kier molecular flexibility index (Phi) is 5.34. The van der Waals surface area contributed by atoms with Crippen LogP contribution in [0, 0.1) is 0 Å². The van der Waals surface area contributed by atoms with Crippen molar-refractivity contribution in [2.24, 2.45) is 0 Å². The van der Waals surface area contributed by atoms with E-state index in [1.54, 1.807) is 0 Å². The van der Waals surface area contributed by atoms with E-state index in [2.05, 4.69) is 27.7 Å². The lowest BCUT2D eigenvalue weighted by Crippen LogP contribution is -2.69. The van der Waals surface area contributed by atoms with Crippen molar-refractivity contribution in [3.63, 3.8) is 0 Å². The fourth-order valence-corrected chi connectivity index (χ4v) is 5.64. The van der Waals surface area contributed by atoms with E-state index in [0.29, 0.717) is 0 Å². The second kappa shape index (κ2) is 6.61. The van der Waals surface area contributed by atoms with Gasteiger partial charge in [-0.3, -0.25) is 0 Å². The Hall–Kier alpha value is -0.0400. The molecule has 0 N–H and O–H groups in total. The fraction of sp³-hybridized carbons (Fsp3) is 1.00. The smallest absolute Gasteiger partial charge is 0.0896 e. The van der Waals surface area contributed by atoms with Gasteiger partial charge in [-0.1, -0.05) is 12.8 Å². The van der Waals surface area contributed by atoms with Gasteiger partial charge in [0.05, 0.1) is 24.2 Å². The minimum absolute atomic E-state index is 0.797. The highest BCUT2D eigenvalue weighted by Crippen LogP contribution is 2.41. The third-order valence-corrected chi connectivity index (χ3v) is 6.20. The summed E-state index contributed by atoms with van der Waals surface area (Å²) in [6.07, 6.45) is 14.9. The van der Waals surface area contributed by atoms with Gasteiger partial charge in [-0.15, -0.1) is 0 Å². The Morgan fingerprint density at radius 3 is 1.16 bits per heavy atom. The normalized spacial score (nSPS) is 24.3. The molecule has 112 valence electrons. The Balaban J connectivity index is 2.28. The van der Waals surface area contributed by atoms with E-state index in [9.17, 15) is 0 Å². The predicted octanol–water partition coefficient (Wildman–Crippen LogP) is 5.29. The number of hydrogen-bond donors (Lipinski definition) is 0. The molecule has 0 amide bonds. The summed E-state index contributed by atoms with van der Waals surface area (Å²) < 4.78 is 1.44. The Morgan fingerprint density at radius 2 is 0.895 bits per heavy atom. The summed E-state index contributed by atoms with van der Waals surface area (Å²) in [5.41, 5.74) is 0. The summed E-state index contributed by atoms with van der Waals surface area (Å²) in [6.45, 7) is 10.0. The van der Waals surface area contributed by atoms with Crippen LogP contribution in [0.2, 0.25) is 0 Å². The van der Waals surface area contributed by atoms with Gasteiger partial charge in [-0.25, -0.2) is 0 Å². The van der Waals surface area contributed by atoms with Crippen molar-refractivity contribution in [1.29, 1.82) is 0 Å². The Bertz CT molecular complexity index is 229. The molecule has 2 saturated carbocycles. The molecule has 0 aromatic rings. The molecular formula is C18H36N+. The molecular weight excluding hydrogens is 230 g/mol. The van der Waals surface area contributed by atoms with Crippen LogP contribution < -0.4 is 0 Å². The first-order chi connectivity index (χ1) is 9.10. The van der Waals surface area contributed by atoms with Crippen LogP contribution in [0.25, 0.3) is 0 Å². The van der Waals surface area contributed by atoms with Crippen molar-refractivity contribution in [1.82, 2.24) is 0 Å². The van der Waals surface area contributed by atoms with Gasteiger partial charge >= 0.3 is 0 Å². The van der Waals surface area contributed by atoms with Crippen LogP contribution in [0.3, 0.4) is 0 Å². The Morgan fingerprint density at radius 1 is 0.579 bits per heavy atom. The van der Waals surface area contributed by atoms with Gasteiger partial charge in [0.1, 0.15) is 0 Å². The van der Waals surface area contributed by atoms with Crippen molar-refractivity contribution in [2.75, 3.05) is 0 Å². The summed E-state index contributed by atoms with van der Waals surface area (Å²) in [6, 6.07) is 3.51. The van der Waals surface area contributed by atoms with Gasteiger partial charge in [0.15, 0.2) is 0 Å². The minimum atomic E-state index is 0.797. The summed E-state index contributed by atoms with van der Waals surface area (Å²) >= 11 is 0. The van der Waals surface area contributed by atoms with Gasteiger partial charge < -0.3 is 4.48 Å². The van der Waals surface area contributed by atoms with Gasteiger partial charge in [-0.05, 0) is 79.1 Å². The molecule has 1 nitrogen and oxygen atoms in total. The third kappa shape index (κ3) is 2.86. The summed E-state index contributed by atoms with van der Waals surface area (Å²) in [5.74, 6) is 0. The fourth-order valence-electron chi connectivity index (χ4n) is 5.64. The molecule has 2 aliphatic carbocycles. The molecule has 0 spiro atoms. The van der Waals surface area contributed by atoms with Crippen LogP contribution in [0.4, 0.5) is 0 Å². The predicted molar refractivity (Wildman–Crippen MR) is 84.3 cm³/mol. The number of quaternary nitrogens is 1. The molecule has 0 bridgehead atoms. The van der Waals surface area contributed by atoms with E-state index < -0.39 is 0 Å². The van der Waals surface area contributed by atoms with E-state index >= 15 is 0 Å². The lowest BCUT2D eigenvalue weighted by Gasteiger charge is -2.58. The van der Waals surface area contributed by atoms with Crippen molar-refractivity contribution in [2.45, 2.75) is 116 Å². The SMILES string of the molecule is CC(C)[N+](C(C)C)(C1CCCCC1)C1CCCCC1. The maximum atomic E-state index is 2.50. The maximum Gasteiger partial charge on any atom is 0.0896 e. The molecule has 0 heterocycles. The van der Waals surface area contributed by atoms with Gasteiger partial charge in [0.25, 0.3) is 0 Å². The molecule has 0 aromatic carbocycles. The average Bonchev–Trinajstić information content (AvgIpc) is 2.41. The van der Waals surface area contributed by atoms with Gasteiger partial charge in [-0.2, -0.15) is 0 Å². The van der Waals surface area contributed by atoms with Crippen molar-refractivity contribution in [3.8, 4) is 0 Å². The van der Waals surface area contributed by atoms with Crippen LogP contribution in [0.15, 0.2) is 0 Å². The van der Waals surface area contributed by atoms with E-state index in [-0.39, 0.29) is 0 Å². The lowest BCUT2D eigenvalue weighted by atomic mass is 9.82. The van der Waals surface area contributed by atoms with Crippen molar-refractivity contribution < 1.29 is 4.48 Å². The van der Waals surface area contributed by atoms with Crippen LogP contribution in [-0.4, -0.2) is 28.7 Å². The molecule has 2 aliphatic rings. The molecule has 0 aliphatic heterocycles. The number of hydrogen-bond acceptors (Lipinski definition) is 0. The third-order valence-electron chi connectivity index (χ3n) is 6.20. The number of nitrogens with zero attached hydrogens (tertiary/aromatic N) is 1. The molecule has 2 fully saturated rings. The lowest BCUT2D eigenvalue weighted by molar-refractivity contribution is -1.01. The van der Waals surface area contributed by atoms with E-state index in [0.717, 1.165) is 24.2 Å². The largest absolute Gasteiger partial charge is 0.315 e. The van der Waals surface area contributed by atoms with Crippen molar-refractivity contribution >= 4 is 0 Å². The van der Waals surface area contributed by atoms with E-state index in [1.807, 2.05) is 0 Å². The molecule has 0 saturated heterocycles. The summed E-state index contributed by atoms with van der Waals surface area (Å²) in [4.78, 5) is 0. The summed E-state index contributed by atoms with van der Waals surface area (Å²) in [5, 5.41) is 0. The molecule has 0 unspecified atom stereocenters. The first-order valence-electron chi connectivity index (χ1n) is 8.98. The first-order valence-corrected chi connectivity index (χ1v) is 8.98. The second-order valence-electron chi connectivity index (χ2n) is 7.67. The zero-order chi connectivity index (χ0) is 13.9. The molecule has 0 radical (unpaired) electrons. The quantitative estimate of drug-likeness (QED) is 0.607. The zero-order valence-corrected chi connectivity index (χ0v) is 13.8. The highest BCUT2D eigenvalue weighted by molar-refractivity contribution is 4.78. The first kappa shape index (κ1) is 15.4. The van der Waals surface area contributed by atoms with Crippen LogP contribution >= 0.6 is 0 Å². The monoisotopic (exact) mass is 266 g/mol. The molecule has 19 heavy (non-hydrogen) atoms. The number of rotatable bonds is 4. The van der Waals surface area contributed by atoms with E-state index in [1.165, 1.54) is 68.7 Å². The topological polar surface area (TPSA) is 0 Å². The standard InChI is InChI=1S/C18H36N/c1-15(2)19(16(3)4,17-11-7-5-8-12-17)18-13-9-6-10-14-18/h15-18H,5-14H2,1-4H3/q+1. The molecule has 0 atom stereocenters. The van der Waals surface area contributed by atoms with Crippen LogP contribution in [0.5, 0.6) is 0 Å². The molecule has 1 heteroatoms. The van der Waals surface area contributed by atoms with Crippen LogP contribution in [0.1, 0.15) is 91.9 Å². The van der Waals surface area contributed by atoms with Gasteiger partial charge in [0.2, 0.25) is 0 Å². The van der Waals surface area contributed by atoms with Crippen molar-refractivity contribution in [3.05, 3.63) is 0 Å². The van der Waals surface area contributed by atoms with Crippen LogP contribution in [-0.2, 0) is 0 Å². The molecule has 0 aromatic heterocycles.